The molecule has 1 saturated heterocycles. The number of aromatic nitrogens is 2. The third-order valence-corrected chi connectivity index (χ3v) is 7.12. The van der Waals surface area contributed by atoms with Crippen LogP contribution in [0, 0.1) is 0 Å². The first-order valence-corrected chi connectivity index (χ1v) is 12.2. The Balaban J connectivity index is 1.43. The van der Waals surface area contributed by atoms with Crippen molar-refractivity contribution in [1.29, 1.82) is 0 Å². The van der Waals surface area contributed by atoms with Crippen LogP contribution in [-0.4, -0.2) is 44.8 Å². The number of nitrogens with zero attached hydrogens (tertiary/aromatic N) is 5. The van der Waals surface area contributed by atoms with Crippen molar-refractivity contribution < 1.29 is 14.4 Å². The van der Waals surface area contributed by atoms with Gasteiger partial charge in [0.15, 0.2) is 0 Å². The van der Waals surface area contributed by atoms with Gasteiger partial charge in [-0.05, 0) is 61.4 Å². The molecule has 37 heavy (non-hydrogen) atoms. The molecule has 9 heteroatoms. The van der Waals surface area contributed by atoms with Gasteiger partial charge in [0.25, 0.3) is 5.91 Å². The fourth-order valence-electron chi connectivity index (χ4n) is 5.04. The van der Waals surface area contributed by atoms with E-state index in [4.69, 9.17) is 0 Å². The smallest absolute Gasteiger partial charge is 0.332 e. The number of benzene rings is 1. The van der Waals surface area contributed by atoms with E-state index in [-0.39, 0.29) is 23.8 Å². The van der Waals surface area contributed by atoms with Gasteiger partial charge in [0.1, 0.15) is 11.4 Å². The number of hydrogen-bond acceptors (Lipinski definition) is 6. The van der Waals surface area contributed by atoms with Gasteiger partial charge >= 0.3 is 6.03 Å². The molecule has 1 N–H and O–H groups in total. The molecule has 0 unspecified atom stereocenters. The van der Waals surface area contributed by atoms with Gasteiger partial charge < -0.3 is 15.1 Å². The Morgan fingerprint density at radius 3 is 2.54 bits per heavy atom. The van der Waals surface area contributed by atoms with E-state index in [0.29, 0.717) is 18.1 Å². The predicted octanol–water partition coefficient (Wildman–Crippen LogP) is 4.61. The van der Waals surface area contributed by atoms with Crippen LogP contribution in [0.4, 0.5) is 27.7 Å². The van der Waals surface area contributed by atoms with Gasteiger partial charge in [0.2, 0.25) is 5.91 Å². The number of imide groups is 1. The second-order valence-corrected chi connectivity index (χ2v) is 10.7. The average Bonchev–Trinajstić information content (AvgIpc) is 3.22. The lowest BCUT2D eigenvalue weighted by Gasteiger charge is -2.27. The third kappa shape index (κ3) is 4.20. The number of anilines is 4. The predicted molar refractivity (Wildman–Crippen MR) is 142 cm³/mol. The van der Waals surface area contributed by atoms with Crippen LogP contribution in [0.2, 0.25) is 0 Å². The van der Waals surface area contributed by atoms with Crippen LogP contribution in [0.5, 0.6) is 0 Å². The maximum Gasteiger partial charge on any atom is 0.332 e. The van der Waals surface area contributed by atoms with E-state index >= 15 is 0 Å². The Morgan fingerprint density at radius 2 is 1.84 bits per heavy atom. The van der Waals surface area contributed by atoms with Gasteiger partial charge in [-0.3, -0.25) is 14.6 Å². The molecule has 2 aliphatic heterocycles. The van der Waals surface area contributed by atoms with Gasteiger partial charge in [0.05, 0.1) is 17.6 Å². The van der Waals surface area contributed by atoms with Crippen LogP contribution in [0.1, 0.15) is 45.7 Å². The van der Waals surface area contributed by atoms with Crippen LogP contribution in [0.25, 0.3) is 0 Å². The summed E-state index contributed by atoms with van der Waals surface area (Å²) in [5.41, 5.74) is 2.57. The molecule has 190 valence electrons. The van der Waals surface area contributed by atoms with Crippen molar-refractivity contribution in [2.45, 2.75) is 52.1 Å². The summed E-state index contributed by atoms with van der Waals surface area (Å²) in [6.07, 6.45) is 5.06. The molecular weight excluding hydrogens is 468 g/mol. The average molecular weight is 499 g/mol. The number of nitrogens with one attached hydrogen (secondary N) is 1. The van der Waals surface area contributed by atoms with Crippen LogP contribution in [0.3, 0.4) is 0 Å². The lowest BCUT2D eigenvalue weighted by molar-refractivity contribution is -0.123. The number of urea groups is 1. The topological polar surface area (TPSA) is 98.7 Å². The molecule has 1 aromatic carbocycles. The van der Waals surface area contributed by atoms with Crippen molar-refractivity contribution >= 4 is 40.7 Å². The van der Waals surface area contributed by atoms with Gasteiger partial charge in [0, 0.05) is 43.5 Å². The van der Waals surface area contributed by atoms with Gasteiger partial charge in [-0.25, -0.2) is 14.7 Å². The number of amides is 4. The van der Waals surface area contributed by atoms with Gasteiger partial charge in [-0.2, -0.15) is 0 Å². The summed E-state index contributed by atoms with van der Waals surface area (Å²) >= 11 is 0. The maximum absolute atomic E-state index is 13.7. The summed E-state index contributed by atoms with van der Waals surface area (Å²) in [6, 6.07) is 12.5. The normalized spacial score (nSPS) is 17.8. The first-order chi connectivity index (χ1) is 17.5. The molecule has 0 spiro atoms. The standard InChI is InChI=1S/C28H30N6O3/c1-18(35)32-17-27(2,3)22-9-8-21(14-23(22)32)34-25(36)28(4,5)33(26(34)37)16-19-10-12-30-24(13-19)31-20-7-6-11-29-15-20/h6-15H,16-17H2,1-5H3,(H,30,31). The largest absolute Gasteiger partial charge is 0.339 e. The number of carbonyl (C=O) groups is 3. The lowest BCUT2D eigenvalue weighted by atomic mass is 9.87. The van der Waals surface area contributed by atoms with Crippen molar-refractivity contribution in [3.8, 4) is 0 Å². The molecule has 2 aromatic heterocycles. The van der Waals surface area contributed by atoms with Crippen molar-refractivity contribution in [3.63, 3.8) is 0 Å². The number of hydrogen-bond donors (Lipinski definition) is 1. The van der Waals surface area contributed by atoms with E-state index in [2.05, 4.69) is 29.1 Å². The highest BCUT2D eigenvalue weighted by molar-refractivity contribution is 6.23. The molecule has 0 saturated carbocycles. The molecule has 4 amide bonds. The second kappa shape index (κ2) is 8.69. The highest BCUT2D eigenvalue weighted by atomic mass is 16.2. The fourth-order valence-corrected chi connectivity index (χ4v) is 5.04. The minimum atomic E-state index is -1.06. The summed E-state index contributed by atoms with van der Waals surface area (Å²) in [7, 11) is 0. The maximum atomic E-state index is 13.7. The van der Waals surface area contributed by atoms with E-state index in [9.17, 15) is 14.4 Å². The van der Waals surface area contributed by atoms with Crippen molar-refractivity contribution in [2.24, 2.45) is 0 Å². The summed E-state index contributed by atoms with van der Waals surface area (Å²) in [5.74, 6) is 0.230. The summed E-state index contributed by atoms with van der Waals surface area (Å²) in [5, 5.41) is 3.20. The number of pyridine rings is 2. The van der Waals surface area contributed by atoms with Crippen molar-refractivity contribution in [1.82, 2.24) is 14.9 Å². The fraction of sp³-hybridized carbons (Fsp3) is 0.321. The first kappa shape index (κ1) is 24.4. The quantitative estimate of drug-likeness (QED) is 0.516. The molecule has 5 rings (SSSR count). The zero-order valence-corrected chi connectivity index (χ0v) is 21.6. The van der Waals surface area contributed by atoms with E-state index in [0.717, 1.165) is 22.5 Å². The minimum absolute atomic E-state index is 0.0709. The number of fused-ring (bicyclic) bond motifs is 1. The monoisotopic (exact) mass is 498 g/mol. The summed E-state index contributed by atoms with van der Waals surface area (Å²) in [6.45, 7) is 9.98. The van der Waals surface area contributed by atoms with E-state index in [1.807, 2.05) is 30.3 Å². The highest BCUT2D eigenvalue weighted by Gasteiger charge is 2.52. The molecule has 9 nitrogen and oxygen atoms in total. The van der Waals surface area contributed by atoms with Crippen molar-refractivity contribution in [3.05, 3.63) is 72.2 Å². The van der Waals surface area contributed by atoms with E-state index < -0.39 is 11.6 Å². The number of rotatable bonds is 5. The van der Waals surface area contributed by atoms with Crippen LogP contribution in [0.15, 0.2) is 61.1 Å². The molecule has 0 radical (unpaired) electrons. The lowest BCUT2D eigenvalue weighted by Crippen LogP contribution is -2.43. The third-order valence-electron chi connectivity index (χ3n) is 7.12. The van der Waals surface area contributed by atoms with Crippen molar-refractivity contribution in [2.75, 3.05) is 21.7 Å². The van der Waals surface area contributed by atoms with E-state index in [1.54, 1.807) is 54.4 Å². The summed E-state index contributed by atoms with van der Waals surface area (Å²) < 4.78 is 0. The van der Waals surface area contributed by atoms with E-state index in [1.165, 1.54) is 11.8 Å². The van der Waals surface area contributed by atoms with Gasteiger partial charge in [-0.15, -0.1) is 0 Å². The number of carbonyl (C=O) groups excluding carboxylic acids is 3. The Bertz CT molecular complexity index is 1400. The SMILES string of the molecule is CC(=O)N1CC(C)(C)c2ccc(N3C(=O)N(Cc4ccnc(Nc5cccnc5)c4)C(C)(C)C3=O)cc21. The first-order valence-electron chi connectivity index (χ1n) is 12.2. The molecule has 0 atom stereocenters. The van der Waals surface area contributed by atoms with Crippen LogP contribution < -0.4 is 15.1 Å². The Kier molecular flexibility index (Phi) is 5.73. The van der Waals surface area contributed by atoms with Crippen LogP contribution >= 0.6 is 0 Å². The van der Waals surface area contributed by atoms with Gasteiger partial charge in [-0.1, -0.05) is 19.9 Å². The summed E-state index contributed by atoms with van der Waals surface area (Å²) in [4.78, 5) is 52.5. The highest BCUT2D eigenvalue weighted by Crippen LogP contribution is 2.44. The molecule has 3 aromatic rings. The Labute approximate surface area is 216 Å². The minimum Gasteiger partial charge on any atom is -0.339 e. The van der Waals surface area contributed by atoms with Crippen LogP contribution in [-0.2, 0) is 21.5 Å². The second-order valence-electron chi connectivity index (χ2n) is 10.7. The molecule has 1 fully saturated rings. The Morgan fingerprint density at radius 1 is 1.05 bits per heavy atom. The molecule has 0 aliphatic carbocycles. The zero-order valence-electron chi connectivity index (χ0n) is 21.6. The molecule has 4 heterocycles. The molecule has 2 aliphatic rings. The Hall–Kier alpha value is -4.27. The molecular formula is C28H30N6O3. The zero-order chi connectivity index (χ0) is 26.5. The molecule has 0 bridgehead atoms.